The fourth-order valence-electron chi connectivity index (χ4n) is 3.69. The molecular weight excluding hydrogens is 350 g/mol. The summed E-state index contributed by atoms with van der Waals surface area (Å²) in [5.41, 5.74) is 0.404. The van der Waals surface area contributed by atoms with Crippen molar-refractivity contribution < 1.29 is 19.1 Å². The highest BCUT2D eigenvalue weighted by Crippen LogP contribution is 2.29. The zero-order chi connectivity index (χ0) is 19.2. The zero-order valence-electron chi connectivity index (χ0n) is 15.6. The Balaban J connectivity index is 1.62. The first kappa shape index (κ1) is 19.3. The number of hydrogen-bond acceptors (Lipinski definition) is 5. The van der Waals surface area contributed by atoms with E-state index in [0.29, 0.717) is 44.7 Å². The lowest BCUT2D eigenvalue weighted by atomic mass is 9.82. The average molecular weight is 377 g/mol. The highest BCUT2D eigenvalue weighted by Gasteiger charge is 2.38. The van der Waals surface area contributed by atoms with Crippen LogP contribution in [-0.2, 0) is 14.3 Å². The molecule has 9 nitrogen and oxygen atoms in total. The second kappa shape index (κ2) is 8.98. The molecule has 2 aliphatic rings. The molecule has 1 aromatic heterocycles. The number of amides is 3. The molecule has 1 saturated carbocycles. The van der Waals surface area contributed by atoms with Gasteiger partial charge in [-0.05, 0) is 31.7 Å². The van der Waals surface area contributed by atoms with E-state index in [1.807, 2.05) is 6.92 Å². The van der Waals surface area contributed by atoms with Crippen molar-refractivity contribution in [1.82, 2.24) is 25.7 Å². The fourth-order valence-corrected chi connectivity index (χ4v) is 3.69. The summed E-state index contributed by atoms with van der Waals surface area (Å²) in [6, 6.07) is 1.47. The Labute approximate surface area is 158 Å². The van der Waals surface area contributed by atoms with Gasteiger partial charge in [0.2, 0.25) is 11.8 Å². The van der Waals surface area contributed by atoms with Crippen molar-refractivity contribution in [3.05, 3.63) is 18.0 Å². The minimum absolute atomic E-state index is 0.00768. The highest BCUT2D eigenvalue weighted by molar-refractivity contribution is 5.92. The number of aromatic nitrogens is 2. The van der Waals surface area contributed by atoms with Crippen LogP contribution in [0.2, 0.25) is 0 Å². The summed E-state index contributed by atoms with van der Waals surface area (Å²) in [6.07, 6.45) is 4.04. The van der Waals surface area contributed by atoms with Gasteiger partial charge in [0.25, 0.3) is 5.91 Å². The minimum Gasteiger partial charge on any atom is -0.376 e. The molecular formula is C18H27N5O4. The van der Waals surface area contributed by atoms with Gasteiger partial charge in [-0.2, -0.15) is 5.10 Å². The van der Waals surface area contributed by atoms with Crippen molar-refractivity contribution in [2.45, 2.75) is 44.8 Å². The maximum absolute atomic E-state index is 12.8. The van der Waals surface area contributed by atoms with Crippen LogP contribution in [0.25, 0.3) is 0 Å². The van der Waals surface area contributed by atoms with Gasteiger partial charge in [-0.25, -0.2) is 0 Å². The molecule has 0 aromatic carbocycles. The van der Waals surface area contributed by atoms with E-state index < -0.39 is 0 Å². The molecule has 1 aromatic rings. The van der Waals surface area contributed by atoms with Crippen LogP contribution in [0.1, 0.15) is 43.1 Å². The van der Waals surface area contributed by atoms with Crippen molar-refractivity contribution in [3.8, 4) is 0 Å². The molecule has 3 N–H and O–H groups in total. The zero-order valence-corrected chi connectivity index (χ0v) is 15.6. The van der Waals surface area contributed by atoms with Gasteiger partial charge in [0, 0.05) is 31.8 Å². The third kappa shape index (κ3) is 4.85. The molecule has 1 aliphatic heterocycles. The predicted octanol–water partition coefficient (Wildman–Crippen LogP) is 0.0618. The van der Waals surface area contributed by atoms with E-state index in [1.165, 1.54) is 6.20 Å². The third-order valence-electron chi connectivity index (χ3n) is 5.09. The van der Waals surface area contributed by atoms with Crippen LogP contribution in [0.5, 0.6) is 0 Å². The van der Waals surface area contributed by atoms with E-state index in [0.717, 1.165) is 6.42 Å². The Bertz CT molecular complexity index is 663. The van der Waals surface area contributed by atoms with Crippen molar-refractivity contribution in [1.29, 1.82) is 0 Å². The Morgan fingerprint density at radius 3 is 2.96 bits per heavy atom. The van der Waals surface area contributed by atoms with Crippen LogP contribution in [-0.4, -0.2) is 71.2 Å². The molecule has 3 atom stereocenters. The Morgan fingerprint density at radius 1 is 1.41 bits per heavy atom. The van der Waals surface area contributed by atoms with Gasteiger partial charge in [0.15, 0.2) is 0 Å². The number of nitrogens with one attached hydrogen (secondary N) is 3. The van der Waals surface area contributed by atoms with Crippen LogP contribution in [0.3, 0.4) is 0 Å². The fraction of sp³-hybridized carbons (Fsp3) is 0.667. The number of rotatable bonds is 6. The molecule has 3 rings (SSSR count). The minimum atomic E-state index is -0.224. The number of H-pyrrole nitrogens is 1. The van der Waals surface area contributed by atoms with Gasteiger partial charge in [0.05, 0.1) is 18.7 Å². The number of piperazine rings is 1. The monoisotopic (exact) mass is 377 g/mol. The summed E-state index contributed by atoms with van der Waals surface area (Å²) in [7, 11) is 0. The molecule has 0 spiro atoms. The molecule has 27 heavy (non-hydrogen) atoms. The van der Waals surface area contributed by atoms with E-state index in [4.69, 9.17) is 4.74 Å². The lowest BCUT2D eigenvalue weighted by molar-refractivity contribution is -0.144. The third-order valence-corrected chi connectivity index (χ3v) is 5.09. The molecule has 3 amide bonds. The van der Waals surface area contributed by atoms with Crippen LogP contribution in [0.15, 0.2) is 12.3 Å². The van der Waals surface area contributed by atoms with Gasteiger partial charge in [0.1, 0.15) is 5.69 Å². The van der Waals surface area contributed by atoms with E-state index in [-0.39, 0.29) is 42.3 Å². The van der Waals surface area contributed by atoms with Gasteiger partial charge in [-0.3, -0.25) is 19.5 Å². The molecule has 0 bridgehead atoms. The standard InChI is InChI=1S/C18H27N5O4/c1-2-9-27-15-10-12(18(26)23-8-7-19-16(24)11-23)3-4-13(15)21-17(25)14-5-6-20-22-14/h5-6,12-13,15H,2-4,7-11H2,1H3,(H,19,24)(H,20,22)(H,21,25)/t12-,13-,15-/m0/s1. The van der Waals surface area contributed by atoms with Crippen molar-refractivity contribution >= 4 is 17.7 Å². The lowest BCUT2D eigenvalue weighted by Crippen LogP contribution is -2.54. The van der Waals surface area contributed by atoms with Crippen LogP contribution < -0.4 is 10.6 Å². The summed E-state index contributed by atoms with van der Waals surface area (Å²) < 4.78 is 5.96. The number of aromatic amines is 1. The molecule has 148 valence electrons. The Morgan fingerprint density at radius 2 is 2.26 bits per heavy atom. The van der Waals surface area contributed by atoms with Crippen molar-refractivity contribution in [2.24, 2.45) is 5.92 Å². The van der Waals surface area contributed by atoms with Gasteiger partial charge < -0.3 is 20.3 Å². The molecule has 0 radical (unpaired) electrons. The summed E-state index contributed by atoms with van der Waals surface area (Å²) in [5.74, 6) is -0.514. The van der Waals surface area contributed by atoms with Crippen molar-refractivity contribution in [3.63, 3.8) is 0 Å². The molecule has 0 unspecified atom stereocenters. The number of ether oxygens (including phenoxy) is 1. The molecule has 1 saturated heterocycles. The summed E-state index contributed by atoms with van der Waals surface area (Å²) >= 11 is 0. The molecule has 2 fully saturated rings. The number of hydrogen-bond donors (Lipinski definition) is 3. The van der Waals surface area contributed by atoms with E-state index in [9.17, 15) is 14.4 Å². The molecule has 1 aliphatic carbocycles. The quantitative estimate of drug-likeness (QED) is 0.648. The molecule has 9 heteroatoms. The number of carbonyl (C=O) groups is 3. The first-order valence-corrected chi connectivity index (χ1v) is 9.55. The first-order chi connectivity index (χ1) is 13.1. The maximum atomic E-state index is 12.8. The van der Waals surface area contributed by atoms with E-state index >= 15 is 0 Å². The normalized spacial score (nSPS) is 25.7. The average Bonchev–Trinajstić information content (AvgIpc) is 3.21. The van der Waals surface area contributed by atoms with Crippen LogP contribution >= 0.6 is 0 Å². The van der Waals surface area contributed by atoms with E-state index in [2.05, 4.69) is 20.8 Å². The smallest absolute Gasteiger partial charge is 0.269 e. The SMILES string of the molecule is CCCO[C@H]1C[C@@H](C(=O)N2CCNC(=O)C2)CC[C@@H]1NC(=O)c1ccn[nH]1. The summed E-state index contributed by atoms with van der Waals surface area (Å²) in [4.78, 5) is 38.4. The van der Waals surface area contributed by atoms with Gasteiger partial charge in [-0.15, -0.1) is 0 Å². The Kier molecular flexibility index (Phi) is 6.44. The Hall–Kier alpha value is -2.42. The largest absolute Gasteiger partial charge is 0.376 e. The van der Waals surface area contributed by atoms with E-state index in [1.54, 1.807) is 11.0 Å². The first-order valence-electron chi connectivity index (χ1n) is 9.55. The number of carbonyl (C=O) groups excluding carboxylic acids is 3. The van der Waals surface area contributed by atoms with Gasteiger partial charge >= 0.3 is 0 Å². The van der Waals surface area contributed by atoms with Crippen molar-refractivity contribution in [2.75, 3.05) is 26.2 Å². The predicted molar refractivity (Wildman–Crippen MR) is 96.8 cm³/mol. The second-order valence-corrected chi connectivity index (χ2v) is 7.08. The summed E-state index contributed by atoms with van der Waals surface area (Å²) in [5, 5.41) is 12.2. The van der Waals surface area contributed by atoms with Gasteiger partial charge in [-0.1, -0.05) is 6.92 Å². The summed E-state index contributed by atoms with van der Waals surface area (Å²) in [6.45, 7) is 3.76. The maximum Gasteiger partial charge on any atom is 0.269 e. The topological polar surface area (TPSA) is 116 Å². The van der Waals surface area contributed by atoms with Crippen LogP contribution in [0.4, 0.5) is 0 Å². The second-order valence-electron chi connectivity index (χ2n) is 7.08. The lowest BCUT2D eigenvalue weighted by Gasteiger charge is -2.38. The number of nitrogens with zero attached hydrogens (tertiary/aromatic N) is 2. The van der Waals surface area contributed by atoms with Crippen LogP contribution in [0, 0.1) is 5.92 Å². The molecule has 2 heterocycles. The highest BCUT2D eigenvalue weighted by atomic mass is 16.5.